The lowest BCUT2D eigenvalue weighted by Gasteiger charge is -2.20. The Kier molecular flexibility index (Phi) is 6.85. The van der Waals surface area contributed by atoms with Crippen molar-refractivity contribution in [1.82, 2.24) is 5.32 Å². The molecule has 1 atom stereocenters. The number of hydrogen-bond donors (Lipinski definition) is 1. The molecule has 1 N–H and O–H groups in total. The maximum atomic E-state index is 12.6. The van der Waals surface area contributed by atoms with E-state index < -0.39 is 17.9 Å². The fourth-order valence-electron chi connectivity index (χ4n) is 2.30. The third-order valence-corrected chi connectivity index (χ3v) is 4.04. The lowest BCUT2D eigenvalue weighted by molar-refractivity contribution is -0.149. The summed E-state index contributed by atoms with van der Waals surface area (Å²) in [5.74, 6) is -1.02. The van der Waals surface area contributed by atoms with Crippen LogP contribution in [0.25, 0.3) is 0 Å². The highest BCUT2D eigenvalue weighted by molar-refractivity contribution is 6.39. The van der Waals surface area contributed by atoms with Crippen molar-refractivity contribution in [2.45, 2.75) is 32.4 Å². The summed E-state index contributed by atoms with van der Waals surface area (Å²) >= 11 is 12.1. The lowest BCUT2D eigenvalue weighted by atomic mass is 10.1. The van der Waals surface area contributed by atoms with Crippen LogP contribution < -0.4 is 5.32 Å². The smallest absolute Gasteiger partial charge is 0.329 e. The van der Waals surface area contributed by atoms with Crippen molar-refractivity contribution in [2.75, 3.05) is 0 Å². The van der Waals surface area contributed by atoms with Gasteiger partial charge in [-0.05, 0) is 31.5 Å². The first-order valence-corrected chi connectivity index (χ1v) is 8.63. The van der Waals surface area contributed by atoms with Gasteiger partial charge >= 0.3 is 5.97 Å². The van der Waals surface area contributed by atoms with Gasteiger partial charge in [0, 0.05) is 6.42 Å². The Labute approximate surface area is 157 Å². The minimum Gasteiger partial charge on any atom is -0.461 e. The van der Waals surface area contributed by atoms with Crippen LogP contribution in [0.5, 0.6) is 0 Å². The quantitative estimate of drug-likeness (QED) is 0.761. The zero-order chi connectivity index (χ0) is 18.4. The molecule has 2 rings (SSSR count). The van der Waals surface area contributed by atoms with E-state index in [0.717, 1.165) is 5.56 Å². The van der Waals surface area contributed by atoms with Crippen LogP contribution in [-0.4, -0.2) is 24.0 Å². The Hall–Kier alpha value is -2.04. The van der Waals surface area contributed by atoms with Crippen LogP contribution in [0.1, 0.15) is 29.8 Å². The number of ether oxygens (including phenoxy) is 1. The van der Waals surface area contributed by atoms with E-state index in [9.17, 15) is 9.59 Å². The standard InChI is InChI=1S/C19H19Cl2NO3/c1-12(2)25-19(24)16(11-13-7-4-3-5-8-13)22-18(23)17-14(20)9-6-10-15(17)21/h3-10,12,16H,11H2,1-2H3,(H,22,23)/t16-/m0/s1. The Balaban J connectivity index is 2.23. The van der Waals surface area contributed by atoms with Crippen LogP contribution in [-0.2, 0) is 16.0 Å². The normalized spacial score (nSPS) is 11.9. The number of benzene rings is 2. The summed E-state index contributed by atoms with van der Waals surface area (Å²) in [7, 11) is 0. The van der Waals surface area contributed by atoms with Gasteiger partial charge in [-0.15, -0.1) is 0 Å². The van der Waals surface area contributed by atoms with E-state index in [1.165, 1.54) is 0 Å². The first-order valence-electron chi connectivity index (χ1n) is 7.87. The summed E-state index contributed by atoms with van der Waals surface area (Å²) < 4.78 is 5.26. The van der Waals surface area contributed by atoms with E-state index in [2.05, 4.69) is 5.32 Å². The average molecular weight is 380 g/mol. The molecule has 2 aromatic carbocycles. The van der Waals surface area contributed by atoms with Crippen LogP contribution in [0.3, 0.4) is 0 Å². The van der Waals surface area contributed by atoms with Gasteiger partial charge in [-0.25, -0.2) is 4.79 Å². The van der Waals surface area contributed by atoms with E-state index >= 15 is 0 Å². The van der Waals surface area contributed by atoms with Crippen LogP contribution >= 0.6 is 23.2 Å². The molecule has 0 aliphatic heterocycles. The molecule has 0 aliphatic rings. The molecule has 0 bridgehead atoms. The SMILES string of the molecule is CC(C)OC(=O)[C@H](Cc1ccccc1)NC(=O)c1c(Cl)cccc1Cl. The molecule has 1 amide bonds. The monoisotopic (exact) mass is 379 g/mol. The number of rotatable bonds is 6. The van der Waals surface area contributed by atoms with E-state index in [0.29, 0.717) is 6.42 Å². The van der Waals surface area contributed by atoms with Crippen LogP contribution in [0.4, 0.5) is 0 Å². The summed E-state index contributed by atoms with van der Waals surface area (Å²) in [6.07, 6.45) is 0.0202. The topological polar surface area (TPSA) is 55.4 Å². The van der Waals surface area contributed by atoms with Gasteiger partial charge < -0.3 is 10.1 Å². The number of nitrogens with one attached hydrogen (secondary N) is 1. The number of hydrogen-bond acceptors (Lipinski definition) is 3. The summed E-state index contributed by atoms with van der Waals surface area (Å²) in [6.45, 7) is 3.51. The summed E-state index contributed by atoms with van der Waals surface area (Å²) in [5, 5.41) is 3.13. The van der Waals surface area contributed by atoms with Gasteiger partial charge in [-0.1, -0.05) is 59.6 Å². The second-order valence-electron chi connectivity index (χ2n) is 5.80. The maximum Gasteiger partial charge on any atom is 0.329 e. The Morgan fingerprint density at radius 1 is 1.00 bits per heavy atom. The molecular formula is C19H19Cl2NO3. The molecule has 25 heavy (non-hydrogen) atoms. The molecule has 6 heteroatoms. The van der Waals surface area contributed by atoms with Crippen molar-refractivity contribution in [3.8, 4) is 0 Å². The van der Waals surface area contributed by atoms with Crippen molar-refractivity contribution in [1.29, 1.82) is 0 Å². The molecule has 0 unspecified atom stereocenters. The van der Waals surface area contributed by atoms with Gasteiger partial charge in [-0.2, -0.15) is 0 Å². The predicted octanol–water partition coefficient (Wildman–Crippen LogP) is 4.29. The fourth-order valence-corrected chi connectivity index (χ4v) is 2.87. The second kappa shape index (κ2) is 8.88. The number of halogens is 2. The number of amides is 1. The first kappa shape index (κ1) is 19.3. The number of carbonyl (C=O) groups is 2. The highest BCUT2D eigenvalue weighted by atomic mass is 35.5. The molecular weight excluding hydrogens is 361 g/mol. The number of esters is 1. The number of carbonyl (C=O) groups excluding carboxylic acids is 2. The average Bonchev–Trinajstić information content (AvgIpc) is 2.54. The van der Waals surface area contributed by atoms with Gasteiger partial charge in [0.2, 0.25) is 0 Å². The molecule has 2 aromatic rings. The van der Waals surface area contributed by atoms with Crippen LogP contribution in [0.2, 0.25) is 10.0 Å². The highest BCUT2D eigenvalue weighted by Gasteiger charge is 2.26. The minimum absolute atomic E-state index is 0.140. The molecule has 0 spiro atoms. The Morgan fingerprint density at radius 2 is 1.60 bits per heavy atom. The van der Waals surface area contributed by atoms with Crippen molar-refractivity contribution in [2.24, 2.45) is 0 Å². The summed E-state index contributed by atoms with van der Waals surface area (Å²) in [5.41, 5.74) is 1.04. The van der Waals surface area contributed by atoms with Crippen molar-refractivity contribution < 1.29 is 14.3 Å². The maximum absolute atomic E-state index is 12.6. The van der Waals surface area contributed by atoms with Gasteiger partial charge in [0.05, 0.1) is 21.7 Å². The largest absolute Gasteiger partial charge is 0.461 e. The van der Waals surface area contributed by atoms with Gasteiger partial charge in [0.25, 0.3) is 5.91 Å². The third-order valence-electron chi connectivity index (χ3n) is 3.41. The fraction of sp³-hybridized carbons (Fsp3) is 0.263. The van der Waals surface area contributed by atoms with E-state index in [1.807, 2.05) is 30.3 Å². The van der Waals surface area contributed by atoms with Crippen LogP contribution in [0.15, 0.2) is 48.5 Å². The Bertz CT molecular complexity index is 727. The van der Waals surface area contributed by atoms with Crippen molar-refractivity contribution >= 4 is 35.1 Å². The van der Waals surface area contributed by atoms with Crippen molar-refractivity contribution in [3.63, 3.8) is 0 Å². The molecule has 0 saturated heterocycles. The minimum atomic E-state index is -0.843. The summed E-state index contributed by atoms with van der Waals surface area (Å²) in [4.78, 5) is 25.0. The molecule has 132 valence electrons. The van der Waals surface area contributed by atoms with E-state index in [1.54, 1.807) is 32.0 Å². The molecule has 0 heterocycles. The molecule has 0 fully saturated rings. The predicted molar refractivity (Wildman–Crippen MR) is 99.1 cm³/mol. The Morgan fingerprint density at radius 3 is 2.16 bits per heavy atom. The molecule has 0 saturated carbocycles. The van der Waals surface area contributed by atoms with Crippen molar-refractivity contribution in [3.05, 3.63) is 69.7 Å². The van der Waals surface area contributed by atoms with E-state index in [4.69, 9.17) is 27.9 Å². The zero-order valence-corrected chi connectivity index (χ0v) is 15.5. The third kappa shape index (κ3) is 5.48. The van der Waals surface area contributed by atoms with Gasteiger partial charge in [-0.3, -0.25) is 4.79 Å². The van der Waals surface area contributed by atoms with Gasteiger partial charge in [0.15, 0.2) is 0 Å². The van der Waals surface area contributed by atoms with Crippen LogP contribution in [0, 0.1) is 0 Å². The highest BCUT2D eigenvalue weighted by Crippen LogP contribution is 2.24. The van der Waals surface area contributed by atoms with E-state index in [-0.39, 0.29) is 21.7 Å². The zero-order valence-electron chi connectivity index (χ0n) is 14.0. The molecule has 4 nitrogen and oxygen atoms in total. The second-order valence-corrected chi connectivity index (χ2v) is 6.61. The molecule has 0 aliphatic carbocycles. The summed E-state index contributed by atoms with van der Waals surface area (Å²) in [6, 6.07) is 13.3. The molecule has 0 radical (unpaired) electrons. The lowest BCUT2D eigenvalue weighted by Crippen LogP contribution is -2.44. The first-order chi connectivity index (χ1) is 11.9. The molecule has 0 aromatic heterocycles. The van der Waals surface area contributed by atoms with Gasteiger partial charge in [0.1, 0.15) is 6.04 Å².